The van der Waals surface area contributed by atoms with Gasteiger partial charge in [-0.05, 0) is 20.8 Å². The molecule has 19 heavy (non-hydrogen) atoms. The van der Waals surface area contributed by atoms with Crippen molar-refractivity contribution in [2.75, 3.05) is 12.4 Å². The van der Waals surface area contributed by atoms with Crippen molar-refractivity contribution < 1.29 is 22.6 Å². The molecular formula is C10H15F3N4O2. The molecule has 0 saturated heterocycles. The number of anilines is 1. The van der Waals surface area contributed by atoms with Crippen molar-refractivity contribution in [2.45, 2.75) is 39.2 Å². The number of hydrogen-bond donors (Lipinski definition) is 1. The molecule has 0 aromatic carbocycles. The summed E-state index contributed by atoms with van der Waals surface area (Å²) in [6, 6.07) is -0.543. The molecule has 108 valence electrons. The summed E-state index contributed by atoms with van der Waals surface area (Å²) in [5, 5.41) is 2.59. The number of rotatable bonds is 5. The smallest absolute Gasteiger partial charge is 0.425 e. The van der Waals surface area contributed by atoms with Gasteiger partial charge in [-0.15, -0.1) is 4.98 Å². The zero-order chi connectivity index (χ0) is 14.6. The minimum absolute atomic E-state index is 0.0648. The monoisotopic (exact) mass is 280 g/mol. The summed E-state index contributed by atoms with van der Waals surface area (Å²) >= 11 is 0. The lowest BCUT2D eigenvalue weighted by Crippen LogP contribution is -2.32. The lowest BCUT2D eigenvalue weighted by molar-refractivity contribution is -0.190. The fourth-order valence-corrected chi connectivity index (χ4v) is 0.991. The highest BCUT2D eigenvalue weighted by molar-refractivity contribution is 5.26. The summed E-state index contributed by atoms with van der Waals surface area (Å²) in [7, 11) is 1.52. The summed E-state index contributed by atoms with van der Waals surface area (Å²) in [6.07, 6.45) is -6.74. The molecular weight excluding hydrogens is 265 g/mol. The molecule has 0 spiro atoms. The fraction of sp³-hybridized carbons (Fsp3) is 0.700. The van der Waals surface area contributed by atoms with Crippen LogP contribution in [0.5, 0.6) is 12.0 Å². The molecule has 1 rings (SSSR count). The van der Waals surface area contributed by atoms with Crippen LogP contribution in [0, 0.1) is 0 Å². The lowest BCUT2D eigenvalue weighted by atomic mass is 10.4. The normalized spacial score (nSPS) is 13.3. The Bertz CT molecular complexity index is 426. The quantitative estimate of drug-likeness (QED) is 0.890. The van der Waals surface area contributed by atoms with E-state index in [1.165, 1.54) is 7.05 Å². The summed E-state index contributed by atoms with van der Waals surface area (Å²) in [6.45, 7) is 4.34. The fourth-order valence-electron chi connectivity index (χ4n) is 0.991. The Hall–Kier alpha value is -1.80. The Morgan fingerprint density at radius 3 is 1.95 bits per heavy atom. The summed E-state index contributed by atoms with van der Waals surface area (Å²) in [4.78, 5) is 11.2. The molecule has 0 amide bonds. The van der Waals surface area contributed by atoms with Gasteiger partial charge in [-0.3, -0.25) is 0 Å². The van der Waals surface area contributed by atoms with E-state index >= 15 is 0 Å². The van der Waals surface area contributed by atoms with Crippen LogP contribution in [0.15, 0.2) is 0 Å². The van der Waals surface area contributed by atoms with Crippen LogP contribution in [0.1, 0.15) is 20.8 Å². The molecule has 1 unspecified atom stereocenters. The molecule has 1 aromatic rings. The number of hydrogen-bond acceptors (Lipinski definition) is 6. The number of aromatic nitrogens is 3. The first kappa shape index (κ1) is 15.3. The molecule has 9 heteroatoms. The van der Waals surface area contributed by atoms with Gasteiger partial charge in [0, 0.05) is 7.05 Å². The van der Waals surface area contributed by atoms with Crippen molar-refractivity contribution in [3.63, 3.8) is 0 Å². The summed E-state index contributed by atoms with van der Waals surface area (Å²) < 4.78 is 47.0. The van der Waals surface area contributed by atoms with E-state index in [0.29, 0.717) is 0 Å². The Labute approximate surface area is 108 Å². The second kappa shape index (κ2) is 5.89. The van der Waals surface area contributed by atoms with Crippen molar-refractivity contribution in [1.29, 1.82) is 0 Å². The number of nitrogens with zero attached hydrogens (tertiary/aromatic N) is 3. The van der Waals surface area contributed by atoms with E-state index in [2.05, 4.69) is 25.0 Å². The number of ether oxygens (including phenoxy) is 2. The molecule has 1 atom stereocenters. The topological polar surface area (TPSA) is 69.2 Å². The van der Waals surface area contributed by atoms with Crippen LogP contribution in [0.4, 0.5) is 19.1 Å². The molecule has 1 heterocycles. The van der Waals surface area contributed by atoms with Crippen LogP contribution >= 0.6 is 0 Å². The van der Waals surface area contributed by atoms with E-state index in [-0.39, 0.29) is 18.1 Å². The zero-order valence-electron chi connectivity index (χ0n) is 10.9. The second-order valence-electron chi connectivity index (χ2n) is 3.94. The number of alkyl halides is 3. The van der Waals surface area contributed by atoms with Crippen LogP contribution in [0.2, 0.25) is 0 Å². The first-order valence-electron chi connectivity index (χ1n) is 5.56. The van der Waals surface area contributed by atoms with Crippen LogP contribution in [-0.2, 0) is 0 Å². The third kappa shape index (κ3) is 4.76. The molecule has 1 N–H and O–H groups in total. The van der Waals surface area contributed by atoms with Crippen molar-refractivity contribution >= 4 is 5.95 Å². The predicted octanol–water partition coefficient (Wildman–Crippen LogP) is 2.03. The van der Waals surface area contributed by atoms with Gasteiger partial charge in [0.25, 0.3) is 0 Å². The van der Waals surface area contributed by atoms with Crippen LogP contribution in [-0.4, -0.2) is 40.4 Å². The largest absolute Gasteiger partial charge is 0.461 e. The molecule has 0 aliphatic carbocycles. The van der Waals surface area contributed by atoms with Crippen molar-refractivity contribution in [1.82, 2.24) is 15.0 Å². The van der Waals surface area contributed by atoms with Gasteiger partial charge >= 0.3 is 18.2 Å². The molecule has 0 saturated carbocycles. The van der Waals surface area contributed by atoms with Crippen molar-refractivity contribution in [3.8, 4) is 12.0 Å². The third-order valence-corrected chi connectivity index (χ3v) is 1.90. The summed E-state index contributed by atoms with van der Waals surface area (Å²) in [5.74, 6) is 0.0648. The molecule has 0 aliphatic rings. The van der Waals surface area contributed by atoms with Gasteiger partial charge in [0.2, 0.25) is 5.95 Å². The molecule has 0 bridgehead atoms. The number of nitrogens with one attached hydrogen (secondary N) is 1. The lowest BCUT2D eigenvalue weighted by Gasteiger charge is -2.17. The standard InChI is InChI=1S/C10H15F3N4O2/c1-5(2)18-8-15-7(14-4)16-9(17-8)19-6(3)10(11,12)13/h5-6H,1-4H3,(H,14,15,16,17). The van der Waals surface area contributed by atoms with E-state index in [4.69, 9.17) is 4.74 Å². The first-order chi connectivity index (χ1) is 8.72. The highest BCUT2D eigenvalue weighted by atomic mass is 19.4. The van der Waals surface area contributed by atoms with Gasteiger partial charge in [-0.1, -0.05) is 0 Å². The Morgan fingerprint density at radius 2 is 1.53 bits per heavy atom. The molecule has 1 aromatic heterocycles. The van der Waals surface area contributed by atoms with E-state index < -0.39 is 18.3 Å². The van der Waals surface area contributed by atoms with Crippen LogP contribution in [0.25, 0.3) is 0 Å². The number of halogens is 3. The van der Waals surface area contributed by atoms with Gasteiger partial charge in [0.05, 0.1) is 6.10 Å². The maximum absolute atomic E-state index is 12.4. The van der Waals surface area contributed by atoms with E-state index in [1.54, 1.807) is 13.8 Å². The van der Waals surface area contributed by atoms with Gasteiger partial charge < -0.3 is 14.8 Å². The Balaban J connectivity index is 2.94. The van der Waals surface area contributed by atoms with Crippen molar-refractivity contribution in [2.24, 2.45) is 0 Å². The predicted molar refractivity (Wildman–Crippen MR) is 61.3 cm³/mol. The van der Waals surface area contributed by atoms with Crippen LogP contribution < -0.4 is 14.8 Å². The molecule has 6 nitrogen and oxygen atoms in total. The third-order valence-electron chi connectivity index (χ3n) is 1.90. The van der Waals surface area contributed by atoms with Gasteiger partial charge in [-0.2, -0.15) is 23.1 Å². The maximum Gasteiger partial charge on any atom is 0.425 e. The van der Waals surface area contributed by atoms with Gasteiger partial charge in [0.1, 0.15) is 0 Å². The minimum Gasteiger partial charge on any atom is -0.461 e. The highest BCUT2D eigenvalue weighted by Crippen LogP contribution is 2.24. The molecule has 0 radical (unpaired) electrons. The van der Waals surface area contributed by atoms with E-state index in [0.717, 1.165) is 6.92 Å². The second-order valence-corrected chi connectivity index (χ2v) is 3.94. The summed E-state index contributed by atoms with van der Waals surface area (Å²) in [5.41, 5.74) is 0. The van der Waals surface area contributed by atoms with Crippen molar-refractivity contribution in [3.05, 3.63) is 0 Å². The van der Waals surface area contributed by atoms with E-state index in [1.807, 2.05) is 0 Å². The zero-order valence-corrected chi connectivity index (χ0v) is 10.9. The SMILES string of the molecule is CNc1nc(OC(C)C)nc(OC(C)C(F)(F)F)n1. The van der Waals surface area contributed by atoms with Crippen LogP contribution in [0.3, 0.4) is 0 Å². The molecule has 0 fully saturated rings. The highest BCUT2D eigenvalue weighted by Gasteiger charge is 2.38. The maximum atomic E-state index is 12.4. The van der Waals surface area contributed by atoms with Gasteiger partial charge in [0.15, 0.2) is 6.10 Å². The van der Waals surface area contributed by atoms with Gasteiger partial charge in [-0.25, -0.2) is 0 Å². The minimum atomic E-state index is -4.49. The average Bonchev–Trinajstić information content (AvgIpc) is 2.26. The Kier molecular flexibility index (Phi) is 4.73. The average molecular weight is 280 g/mol. The first-order valence-corrected chi connectivity index (χ1v) is 5.56. The van der Waals surface area contributed by atoms with E-state index in [9.17, 15) is 13.2 Å². The Morgan fingerprint density at radius 1 is 1.00 bits per heavy atom. The molecule has 0 aliphatic heterocycles.